The van der Waals surface area contributed by atoms with Crippen molar-refractivity contribution in [2.45, 2.75) is 13.0 Å². The Kier molecular flexibility index (Phi) is 3.21. The number of aromatic nitrogens is 1. The maximum Gasteiger partial charge on any atom is 0.125 e. The lowest BCUT2D eigenvalue weighted by Crippen LogP contribution is -2.22. The fraction of sp³-hybridized carbons (Fsp3) is 0.250. The first-order valence-electron chi connectivity index (χ1n) is 5.39. The summed E-state index contributed by atoms with van der Waals surface area (Å²) in [6.45, 7) is 1.95. The predicted molar refractivity (Wildman–Crippen MR) is 75.7 cm³/mol. The second-order valence-corrected chi connectivity index (χ2v) is 6.35. The summed E-state index contributed by atoms with van der Waals surface area (Å²) in [4.78, 5) is 6.03. The average molecular weight is 330 g/mol. The lowest BCUT2D eigenvalue weighted by molar-refractivity contribution is 0.644. The maximum atomic E-state index is 6.22. The minimum Gasteiger partial charge on any atom is -0.311 e. The number of hydrogen-bond acceptors (Lipinski definition) is 3. The van der Waals surface area contributed by atoms with Crippen LogP contribution in [-0.4, -0.2) is 11.5 Å². The highest BCUT2D eigenvalue weighted by Gasteiger charge is 2.17. The summed E-state index contributed by atoms with van der Waals surface area (Å²) in [7, 11) is 0. The van der Waals surface area contributed by atoms with E-state index >= 15 is 0 Å². The van der Waals surface area contributed by atoms with Gasteiger partial charge in [0.1, 0.15) is 5.01 Å². The van der Waals surface area contributed by atoms with Crippen LogP contribution in [0, 0.1) is 0 Å². The lowest BCUT2D eigenvalue weighted by Gasteiger charge is -2.09. The zero-order valence-corrected chi connectivity index (χ0v) is 12.1. The highest BCUT2D eigenvalue weighted by molar-refractivity contribution is 9.10. The van der Waals surface area contributed by atoms with Gasteiger partial charge in [0.15, 0.2) is 0 Å². The predicted octanol–water partition coefficient (Wildman–Crippen LogP) is 3.87. The molecule has 0 bridgehead atoms. The van der Waals surface area contributed by atoms with Crippen LogP contribution in [-0.2, 0) is 13.0 Å². The third-order valence-corrected chi connectivity index (χ3v) is 4.71. The zero-order chi connectivity index (χ0) is 11.8. The molecule has 2 heterocycles. The Morgan fingerprint density at radius 1 is 1.41 bits per heavy atom. The van der Waals surface area contributed by atoms with E-state index in [-0.39, 0.29) is 0 Å². The summed E-state index contributed by atoms with van der Waals surface area (Å²) in [5, 5.41) is 5.14. The summed E-state index contributed by atoms with van der Waals surface area (Å²) in [5.41, 5.74) is 2.24. The molecule has 1 aliphatic rings. The summed E-state index contributed by atoms with van der Waals surface area (Å²) in [6, 6.07) is 5.88. The molecule has 0 amide bonds. The largest absolute Gasteiger partial charge is 0.311 e. The van der Waals surface area contributed by atoms with E-state index in [1.165, 1.54) is 10.6 Å². The van der Waals surface area contributed by atoms with Crippen molar-refractivity contribution >= 4 is 38.9 Å². The van der Waals surface area contributed by atoms with Crippen LogP contribution in [0.15, 0.2) is 22.7 Å². The average Bonchev–Trinajstić information content (AvgIpc) is 2.75. The highest BCUT2D eigenvalue weighted by atomic mass is 79.9. The number of halogens is 2. The topological polar surface area (TPSA) is 24.9 Å². The van der Waals surface area contributed by atoms with Gasteiger partial charge in [0.25, 0.3) is 0 Å². The second-order valence-electron chi connectivity index (χ2n) is 3.94. The molecule has 0 saturated carbocycles. The molecule has 2 nitrogen and oxygen atoms in total. The molecule has 88 valence electrons. The lowest BCUT2D eigenvalue weighted by atomic mass is 10.2. The smallest absolute Gasteiger partial charge is 0.125 e. The molecule has 1 aromatic carbocycles. The maximum absolute atomic E-state index is 6.22. The number of fused-ring (bicyclic) bond motifs is 1. The van der Waals surface area contributed by atoms with Crippen LogP contribution in [0.5, 0.6) is 0 Å². The van der Waals surface area contributed by atoms with Crippen molar-refractivity contribution in [3.8, 4) is 10.6 Å². The standard InChI is InChI=1S/C12H10BrClN2S/c13-7-1-2-9(14)8(5-7)12-16-10-3-4-15-6-11(10)17-12/h1-2,5,15H,3-4,6H2. The van der Waals surface area contributed by atoms with Gasteiger partial charge in [-0.05, 0) is 18.2 Å². The van der Waals surface area contributed by atoms with E-state index in [1.54, 1.807) is 11.3 Å². The first kappa shape index (κ1) is 11.7. The molecule has 0 fully saturated rings. The molecule has 1 aromatic heterocycles. The van der Waals surface area contributed by atoms with Gasteiger partial charge in [-0.15, -0.1) is 11.3 Å². The third-order valence-electron chi connectivity index (χ3n) is 2.76. The summed E-state index contributed by atoms with van der Waals surface area (Å²) in [6.07, 6.45) is 1.01. The third kappa shape index (κ3) is 2.27. The monoisotopic (exact) mass is 328 g/mol. The quantitative estimate of drug-likeness (QED) is 0.859. The van der Waals surface area contributed by atoms with Gasteiger partial charge in [0.05, 0.1) is 10.7 Å². The van der Waals surface area contributed by atoms with Crippen LogP contribution in [0.3, 0.4) is 0 Å². The highest BCUT2D eigenvalue weighted by Crippen LogP contribution is 2.35. The van der Waals surface area contributed by atoms with Crippen LogP contribution in [0.4, 0.5) is 0 Å². The van der Waals surface area contributed by atoms with Crippen molar-refractivity contribution in [1.29, 1.82) is 0 Å². The molecule has 0 radical (unpaired) electrons. The fourth-order valence-electron chi connectivity index (χ4n) is 1.90. The van der Waals surface area contributed by atoms with E-state index in [1.807, 2.05) is 18.2 Å². The number of nitrogens with one attached hydrogen (secondary N) is 1. The molecule has 0 aliphatic carbocycles. The van der Waals surface area contributed by atoms with E-state index < -0.39 is 0 Å². The van der Waals surface area contributed by atoms with E-state index in [2.05, 4.69) is 21.2 Å². The van der Waals surface area contributed by atoms with Gasteiger partial charge in [-0.3, -0.25) is 0 Å². The molecular weight excluding hydrogens is 320 g/mol. The van der Waals surface area contributed by atoms with Gasteiger partial charge < -0.3 is 5.32 Å². The molecule has 0 saturated heterocycles. The van der Waals surface area contributed by atoms with E-state index in [0.717, 1.165) is 39.6 Å². The molecule has 2 aromatic rings. The van der Waals surface area contributed by atoms with Crippen molar-refractivity contribution in [3.63, 3.8) is 0 Å². The van der Waals surface area contributed by atoms with Crippen molar-refractivity contribution < 1.29 is 0 Å². The molecular formula is C12H10BrClN2S. The number of nitrogens with zero attached hydrogens (tertiary/aromatic N) is 1. The Bertz CT molecular complexity index is 544. The molecule has 5 heteroatoms. The van der Waals surface area contributed by atoms with Crippen molar-refractivity contribution in [2.75, 3.05) is 6.54 Å². The Morgan fingerprint density at radius 3 is 3.12 bits per heavy atom. The van der Waals surface area contributed by atoms with Gasteiger partial charge in [-0.2, -0.15) is 0 Å². The van der Waals surface area contributed by atoms with Gasteiger partial charge in [0.2, 0.25) is 0 Å². The molecule has 1 aliphatic heterocycles. The Balaban J connectivity index is 2.08. The number of benzene rings is 1. The van der Waals surface area contributed by atoms with E-state index in [9.17, 15) is 0 Å². The normalized spacial score (nSPS) is 14.7. The van der Waals surface area contributed by atoms with Gasteiger partial charge in [-0.25, -0.2) is 4.98 Å². The van der Waals surface area contributed by atoms with Gasteiger partial charge in [-0.1, -0.05) is 27.5 Å². The molecule has 0 atom stereocenters. The second kappa shape index (κ2) is 4.69. The number of hydrogen-bond donors (Lipinski definition) is 1. The van der Waals surface area contributed by atoms with Crippen LogP contribution < -0.4 is 5.32 Å². The summed E-state index contributed by atoms with van der Waals surface area (Å²) >= 11 is 11.4. The van der Waals surface area contributed by atoms with Crippen LogP contribution >= 0.6 is 38.9 Å². The zero-order valence-electron chi connectivity index (χ0n) is 8.96. The Morgan fingerprint density at radius 2 is 2.29 bits per heavy atom. The molecule has 1 N–H and O–H groups in total. The van der Waals surface area contributed by atoms with Crippen molar-refractivity contribution in [1.82, 2.24) is 10.3 Å². The fourth-order valence-corrected chi connectivity index (χ4v) is 3.63. The van der Waals surface area contributed by atoms with Gasteiger partial charge in [0, 0.05) is 34.4 Å². The molecule has 3 rings (SSSR count). The minimum absolute atomic E-state index is 0.757. The van der Waals surface area contributed by atoms with Crippen LogP contribution in [0.2, 0.25) is 5.02 Å². The summed E-state index contributed by atoms with van der Waals surface area (Å²) in [5.74, 6) is 0. The molecule has 0 spiro atoms. The minimum atomic E-state index is 0.757. The summed E-state index contributed by atoms with van der Waals surface area (Å²) < 4.78 is 1.03. The van der Waals surface area contributed by atoms with Gasteiger partial charge >= 0.3 is 0 Å². The molecule has 0 unspecified atom stereocenters. The van der Waals surface area contributed by atoms with Crippen LogP contribution in [0.1, 0.15) is 10.6 Å². The SMILES string of the molecule is Clc1ccc(Br)cc1-c1nc2c(s1)CNCC2. The van der Waals surface area contributed by atoms with Crippen LogP contribution in [0.25, 0.3) is 10.6 Å². The first-order chi connectivity index (χ1) is 8.24. The number of thiazole rings is 1. The van der Waals surface area contributed by atoms with Crippen molar-refractivity contribution in [3.05, 3.63) is 38.3 Å². The first-order valence-corrected chi connectivity index (χ1v) is 7.37. The Labute approximate surface area is 117 Å². The molecule has 17 heavy (non-hydrogen) atoms. The Hall–Kier alpha value is -0.420. The number of rotatable bonds is 1. The van der Waals surface area contributed by atoms with E-state index in [4.69, 9.17) is 16.6 Å². The van der Waals surface area contributed by atoms with E-state index in [0.29, 0.717) is 0 Å². The van der Waals surface area contributed by atoms with Crippen molar-refractivity contribution in [2.24, 2.45) is 0 Å².